The first kappa shape index (κ1) is 33.3. The first-order valence-electron chi connectivity index (χ1n) is 11.9. The number of amides is 1. The van der Waals surface area contributed by atoms with E-state index >= 15 is 0 Å². The molecule has 218 valence electrons. The minimum atomic E-state index is -1.31. The molecule has 1 aromatic carbocycles. The Labute approximate surface area is 228 Å². The second-order valence-corrected chi connectivity index (χ2v) is 7.80. The van der Waals surface area contributed by atoms with Crippen molar-refractivity contribution >= 4 is 40.6 Å². The average Bonchev–Trinajstić information content (AvgIpc) is 2.94. The summed E-state index contributed by atoms with van der Waals surface area (Å²) in [5, 5.41) is 30.9. The molecule has 1 unspecified atom stereocenters. The van der Waals surface area contributed by atoms with E-state index in [1.807, 2.05) is 0 Å². The zero-order chi connectivity index (χ0) is 30.1. The maximum Gasteiger partial charge on any atom is 0.326 e. The Morgan fingerprint density at radius 1 is 1.00 bits per heavy atom. The molecule has 17 nitrogen and oxygen atoms in total. The predicted molar refractivity (Wildman–Crippen MR) is 146 cm³/mol. The second kappa shape index (κ2) is 17.7. The molecule has 0 aliphatic rings. The third-order valence-electron chi connectivity index (χ3n) is 4.65. The van der Waals surface area contributed by atoms with Crippen molar-refractivity contribution in [3.05, 3.63) is 52.1 Å². The van der Waals surface area contributed by atoms with Gasteiger partial charge in [0.05, 0.1) is 25.0 Å². The summed E-state index contributed by atoms with van der Waals surface area (Å²) in [5.74, 6) is -3.16. The molecular formula is C23H34N10O7. The fourth-order valence-corrected chi connectivity index (χ4v) is 2.75. The van der Waals surface area contributed by atoms with Crippen molar-refractivity contribution in [1.29, 1.82) is 0 Å². The molecule has 0 radical (unpaired) electrons. The summed E-state index contributed by atoms with van der Waals surface area (Å²) < 4.78 is 0. The smallest absolute Gasteiger partial charge is 0.326 e. The van der Waals surface area contributed by atoms with Crippen LogP contribution < -0.4 is 39.1 Å². The number of aromatic nitrogens is 4. The molecule has 14 N–H and O–H groups in total. The number of aromatic amines is 1. The Morgan fingerprint density at radius 3 is 2.15 bits per heavy atom. The van der Waals surface area contributed by atoms with Crippen LogP contribution in [-0.2, 0) is 16.1 Å². The van der Waals surface area contributed by atoms with Gasteiger partial charge in [0.1, 0.15) is 6.04 Å². The summed E-state index contributed by atoms with van der Waals surface area (Å²) in [6.07, 6.45) is 0.840. The van der Waals surface area contributed by atoms with Crippen LogP contribution in [0.4, 0.5) is 11.6 Å². The van der Waals surface area contributed by atoms with Crippen LogP contribution in [0.1, 0.15) is 28.9 Å². The van der Waals surface area contributed by atoms with Gasteiger partial charge in [0.15, 0.2) is 11.2 Å². The maximum absolute atomic E-state index is 12.3. The van der Waals surface area contributed by atoms with E-state index in [4.69, 9.17) is 38.3 Å². The molecule has 2 aromatic heterocycles. The topological polar surface area (TPSA) is 312 Å². The van der Waals surface area contributed by atoms with Crippen LogP contribution in [0.5, 0.6) is 0 Å². The van der Waals surface area contributed by atoms with Crippen molar-refractivity contribution in [2.75, 3.05) is 37.3 Å². The number of nitrogens with two attached hydrogens (primary N) is 4. The van der Waals surface area contributed by atoms with E-state index in [0.717, 1.165) is 0 Å². The minimum absolute atomic E-state index is 0.0524. The second-order valence-electron chi connectivity index (χ2n) is 7.80. The van der Waals surface area contributed by atoms with Crippen molar-refractivity contribution in [3.8, 4) is 0 Å². The van der Waals surface area contributed by atoms with Crippen LogP contribution in [0, 0.1) is 0 Å². The third kappa shape index (κ3) is 11.8. The fourth-order valence-electron chi connectivity index (χ4n) is 2.75. The van der Waals surface area contributed by atoms with Gasteiger partial charge >= 0.3 is 11.9 Å². The van der Waals surface area contributed by atoms with E-state index in [-0.39, 0.29) is 48.7 Å². The molecule has 3 rings (SSSR count). The van der Waals surface area contributed by atoms with Crippen LogP contribution in [-0.4, -0.2) is 85.4 Å². The van der Waals surface area contributed by atoms with E-state index in [1.165, 1.54) is 18.3 Å². The minimum Gasteiger partial charge on any atom is -0.481 e. The van der Waals surface area contributed by atoms with E-state index in [2.05, 4.69) is 30.6 Å². The van der Waals surface area contributed by atoms with E-state index in [9.17, 15) is 19.2 Å². The Hall–Kier alpha value is -4.71. The number of aliphatic hydroxyl groups is 1. The van der Waals surface area contributed by atoms with Crippen molar-refractivity contribution in [1.82, 2.24) is 25.3 Å². The van der Waals surface area contributed by atoms with Gasteiger partial charge in [0.2, 0.25) is 5.95 Å². The number of benzene rings is 1. The molecule has 3 aromatic rings. The molecule has 1 amide bonds. The Bertz CT molecular complexity index is 1290. The normalized spacial score (nSPS) is 10.8. The molecule has 0 aliphatic heterocycles. The third-order valence-corrected chi connectivity index (χ3v) is 4.65. The van der Waals surface area contributed by atoms with Crippen LogP contribution in [0.2, 0.25) is 0 Å². The molecule has 0 aliphatic carbocycles. The van der Waals surface area contributed by atoms with Gasteiger partial charge in [0, 0.05) is 37.3 Å². The number of nitrogens with zero attached hydrogens (tertiary/aromatic N) is 3. The number of anilines is 2. The lowest BCUT2D eigenvalue weighted by atomic mass is 10.1. The average molecular weight is 563 g/mol. The van der Waals surface area contributed by atoms with Gasteiger partial charge in [-0.2, -0.15) is 4.98 Å². The summed E-state index contributed by atoms with van der Waals surface area (Å²) in [7, 11) is 0. The van der Waals surface area contributed by atoms with Crippen LogP contribution >= 0.6 is 0 Å². The van der Waals surface area contributed by atoms with Crippen LogP contribution in [0.3, 0.4) is 0 Å². The Balaban J connectivity index is 0.000000883. The zero-order valence-electron chi connectivity index (χ0n) is 21.5. The molecule has 0 saturated carbocycles. The van der Waals surface area contributed by atoms with Crippen molar-refractivity contribution < 1.29 is 29.7 Å². The number of nitrogens with one attached hydrogen (secondary N) is 3. The molecule has 0 bridgehead atoms. The zero-order valence-corrected chi connectivity index (χ0v) is 21.5. The lowest BCUT2D eigenvalue weighted by molar-refractivity contribution is -0.140. The van der Waals surface area contributed by atoms with Gasteiger partial charge in [0.25, 0.3) is 11.5 Å². The number of carboxylic acid groups (broad SMARTS) is 2. The number of H-pyrrole nitrogens is 1. The predicted octanol–water partition coefficient (Wildman–Crippen LogP) is -2.20. The van der Waals surface area contributed by atoms with Gasteiger partial charge in [-0.05, 0) is 30.7 Å². The number of rotatable bonds is 11. The molecule has 2 heterocycles. The highest BCUT2D eigenvalue weighted by Gasteiger charge is 2.21. The highest BCUT2D eigenvalue weighted by molar-refractivity contribution is 5.96. The first-order chi connectivity index (χ1) is 19.1. The summed E-state index contributed by atoms with van der Waals surface area (Å²) in [5.41, 5.74) is 21.1. The number of carbonyl (C=O) groups is 3. The van der Waals surface area contributed by atoms with E-state index in [1.54, 1.807) is 12.1 Å². The van der Waals surface area contributed by atoms with Crippen LogP contribution in [0.15, 0.2) is 35.3 Å². The first-order valence-corrected chi connectivity index (χ1v) is 11.9. The van der Waals surface area contributed by atoms with Gasteiger partial charge in [-0.15, -0.1) is 0 Å². The maximum atomic E-state index is 12.3. The summed E-state index contributed by atoms with van der Waals surface area (Å²) in [4.78, 5) is 60.6. The van der Waals surface area contributed by atoms with Crippen molar-refractivity contribution in [2.24, 2.45) is 17.2 Å². The molecule has 40 heavy (non-hydrogen) atoms. The van der Waals surface area contributed by atoms with Crippen LogP contribution in [0.25, 0.3) is 11.2 Å². The largest absolute Gasteiger partial charge is 0.481 e. The number of fused-ring (bicyclic) bond motifs is 1. The summed E-state index contributed by atoms with van der Waals surface area (Å²) >= 11 is 0. The number of carbonyl (C=O) groups excluding carboxylic acids is 1. The SMILES string of the molecule is NCCN.NCCO.Nc1nc2ncc(CNc3ccc(C(=O)NC(CCC(=O)O)C(=O)O)cc3)nc2c(=O)[nH]1. The number of hydrogen-bond acceptors (Lipinski definition) is 13. The molecule has 0 spiro atoms. The molecule has 0 fully saturated rings. The van der Waals surface area contributed by atoms with E-state index < -0.39 is 29.4 Å². The lowest BCUT2D eigenvalue weighted by Crippen LogP contribution is -2.41. The number of aliphatic carboxylic acids is 2. The molecule has 1 atom stereocenters. The Kier molecular flexibility index (Phi) is 14.8. The molecule has 0 saturated heterocycles. The monoisotopic (exact) mass is 562 g/mol. The summed E-state index contributed by atoms with van der Waals surface area (Å²) in [6.45, 7) is 1.90. The fraction of sp³-hybridized carbons (Fsp3) is 0.348. The highest BCUT2D eigenvalue weighted by atomic mass is 16.4. The van der Waals surface area contributed by atoms with Gasteiger partial charge < -0.3 is 48.9 Å². The van der Waals surface area contributed by atoms with Gasteiger partial charge in [-0.25, -0.2) is 14.8 Å². The Morgan fingerprint density at radius 2 is 1.62 bits per heavy atom. The van der Waals surface area contributed by atoms with Gasteiger partial charge in [-0.3, -0.25) is 19.4 Å². The standard InChI is InChI=1S/C19H19N7O6.C2H8N2.C2H7NO/c20-19-25-15-14(17(30)26-19)23-11(8-22-15)7-21-10-3-1-9(2-4-10)16(29)24-12(18(31)32)5-6-13(27)28;2*3-1-2-4/h1-4,8,12,21H,5-7H2,(H,24,29)(H,27,28)(H,31,32)(H3,20,22,25,26,30);1-4H2;4H,1-3H2. The highest BCUT2D eigenvalue weighted by Crippen LogP contribution is 2.12. The molecular weight excluding hydrogens is 528 g/mol. The number of nitrogen functional groups attached to an aromatic ring is 1. The van der Waals surface area contributed by atoms with Crippen molar-refractivity contribution in [2.45, 2.75) is 25.4 Å². The summed E-state index contributed by atoms with van der Waals surface area (Å²) in [6, 6.07) is 4.86. The quantitative estimate of drug-likeness (QED) is 0.118. The number of carboxylic acids is 2. The molecule has 17 heteroatoms. The number of hydrogen-bond donors (Lipinski definition) is 10. The van der Waals surface area contributed by atoms with E-state index in [0.29, 0.717) is 31.0 Å². The van der Waals surface area contributed by atoms with Crippen molar-refractivity contribution in [3.63, 3.8) is 0 Å². The number of aliphatic hydroxyl groups excluding tert-OH is 1. The lowest BCUT2D eigenvalue weighted by Gasteiger charge is -2.14. The van der Waals surface area contributed by atoms with Gasteiger partial charge in [-0.1, -0.05) is 0 Å².